The summed E-state index contributed by atoms with van der Waals surface area (Å²) in [5.74, 6) is -3.13. The maximum atomic E-state index is 15.4. The number of anilines is 1. The molecule has 0 radical (unpaired) electrons. The zero-order chi connectivity index (χ0) is 27.2. The smallest absolute Gasteiger partial charge is 0.301 e. The number of H-pyrrole nitrogens is 1. The third-order valence-corrected chi connectivity index (χ3v) is 8.17. The molecular weight excluding hydrogens is 517 g/mol. The van der Waals surface area contributed by atoms with Gasteiger partial charge in [0.1, 0.15) is 17.6 Å². The number of halogens is 3. The van der Waals surface area contributed by atoms with E-state index in [1.165, 1.54) is 6.20 Å². The molecule has 1 fully saturated rings. The van der Waals surface area contributed by atoms with Crippen molar-refractivity contribution in [3.63, 3.8) is 0 Å². The number of carbonyl (C=O) groups excluding carboxylic acids is 1. The van der Waals surface area contributed by atoms with Crippen LogP contribution in [0.15, 0.2) is 54.9 Å². The first-order valence-electron chi connectivity index (χ1n) is 12.1. The molecule has 2 aromatic carbocycles. The Kier molecular flexibility index (Phi) is 6.74. The van der Waals surface area contributed by atoms with E-state index in [9.17, 15) is 22.0 Å². The second-order valence-electron chi connectivity index (χ2n) is 9.56. The van der Waals surface area contributed by atoms with E-state index >= 15 is 4.39 Å². The molecule has 198 valence electrons. The molecule has 1 aliphatic rings. The maximum Gasteiger partial charge on any atom is 0.301 e. The fourth-order valence-corrected chi connectivity index (χ4v) is 5.76. The van der Waals surface area contributed by atoms with E-state index < -0.39 is 45.0 Å². The summed E-state index contributed by atoms with van der Waals surface area (Å²) in [4.78, 5) is 20.6. The predicted molar refractivity (Wildman–Crippen MR) is 139 cm³/mol. The molecular formula is C27H25F3N4O3S. The van der Waals surface area contributed by atoms with Crippen LogP contribution in [0.4, 0.5) is 18.9 Å². The van der Waals surface area contributed by atoms with Gasteiger partial charge in [0.15, 0.2) is 5.82 Å². The van der Waals surface area contributed by atoms with Gasteiger partial charge in [-0.3, -0.25) is 9.52 Å². The van der Waals surface area contributed by atoms with E-state index in [-0.39, 0.29) is 25.1 Å². The van der Waals surface area contributed by atoms with Crippen LogP contribution in [0.2, 0.25) is 0 Å². The van der Waals surface area contributed by atoms with Crippen LogP contribution in [-0.2, 0) is 10.2 Å². The molecule has 0 amide bonds. The minimum Gasteiger partial charge on any atom is -0.345 e. The predicted octanol–water partition coefficient (Wildman–Crippen LogP) is 5.56. The Morgan fingerprint density at radius 2 is 1.87 bits per heavy atom. The molecule has 1 atom stereocenters. The van der Waals surface area contributed by atoms with Crippen LogP contribution in [0.5, 0.6) is 0 Å². The van der Waals surface area contributed by atoms with Gasteiger partial charge in [-0.05, 0) is 41.7 Å². The van der Waals surface area contributed by atoms with Gasteiger partial charge < -0.3 is 4.98 Å². The number of nitrogens with one attached hydrogen (secondary N) is 2. The minimum atomic E-state index is -4.30. The zero-order valence-corrected chi connectivity index (χ0v) is 21.4. The van der Waals surface area contributed by atoms with Crippen LogP contribution in [0.3, 0.4) is 0 Å². The number of carbonyl (C=O) groups is 1. The molecule has 7 nitrogen and oxygen atoms in total. The van der Waals surface area contributed by atoms with E-state index in [1.807, 2.05) is 29.0 Å². The Hall–Kier alpha value is -3.70. The SMILES string of the molecule is CC(C)c1ccc(-c2cnc3[nH]cc(C(=O)c4c(F)ccc(NS(=O)(=O)N5CC[C@H](F)C5)c4F)c3c2)cc1. The highest BCUT2D eigenvalue weighted by Gasteiger charge is 2.33. The molecule has 0 aliphatic carbocycles. The number of aromatic amines is 1. The minimum absolute atomic E-state index is 0.0224. The molecule has 2 aromatic heterocycles. The fourth-order valence-electron chi connectivity index (χ4n) is 4.49. The van der Waals surface area contributed by atoms with Crippen molar-refractivity contribution < 1.29 is 26.4 Å². The number of fused-ring (bicyclic) bond motifs is 1. The summed E-state index contributed by atoms with van der Waals surface area (Å²) in [7, 11) is -4.30. The highest BCUT2D eigenvalue weighted by Crippen LogP contribution is 2.30. The second kappa shape index (κ2) is 9.88. The first-order chi connectivity index (χ1) is 18.0. The quantitative estimate of drug-likeness (QED) is 0.299. The zero-order valence-electron chi connectivity index (χ0n) is 20.6. The van der Waals surface area contributed by atoms with Crippen molar-refractivity contribution in [2.24, 2.45) is 0 Å². The van der Waals surface area contributed by atoms with E-state index in [4.69, 9.17) is 0 Å². The van der Waals surface area contributed by atoms with Gasteiger partial charge in [0, 0.05) is 42.0 Å². The number of hydrogen-bond donors (Lipinski definition) is 2. The lowest BCUT2D eigenvalue weighted by atomic mass is 9.98. The average Bonchev–Trinajstić information content (AvgIpc) is 3.52. The van der Waals surface area contributed by atoms with Crippen molar-refractivity contribution in [3.8, 4) is 11.1 Å². The van der Waals surface area contributed by atoms with E-state index in [2.05, 4.69) is 23.8 Å². The van der Waals surface area contributed by atoms with Crippen LogP contribution in [-0.4, -0.2) is 47.7 Å². The average molecular weight is 543 g/mol. The number of nitrogens with zero attached hydrogens (tertiary/aromatic N) is 2. The summed E-state index contributed by atoms with van der Waals surface area (Å²) in [5.41, 5.74) is 1.53. The molecule has 5 rings (SSSR count). The molecule has 1 saturated heterocycles. The van der Waals surface area contributed by atoms with Gasteiger partial charge in [0.2, 0.25) is 5.78 Å². The Morgan fingerprint density at radius 3 is 2.53 bits per heavy atom. The lowest BCUT2D eigenvalue weighted by Gasteiger charge is -2.18. The standard InChI is InChI=1S/C27H25F3N4O3S/c1-15(2)16-3-5-17(6-4-16)18-11-20-21(13-32-27(20)31-12-18)26(35)24-22(29)7-8-23(25(24)30)33-38(36,37)34-10-9-19(28)14-34/h3-8,11-13,15,19,33H,9-10,14H2,1-2H3,(H,31,32)/t19-/m0/s1. The number of alkyl halides is 1. The van der Waals surface area contributed by atoms with Gasteiger partial charge in [-0.15, -0.1) is 0 Å². The highest BCUT2D eigenvalue weighted by molar-refractivity contribution is 7.90. The summed E-state index contributed by atoms with van der Waals surface area (Å²) in [6, 6.07) is 11.3. The lowest BCUT2D eigenvalue weighted by Crippen LogP contribution is -2.34. The Bertz CT molecular complexity index is 1640. The van der Waals surface area contributed by atoms with Crippen LogP contribution in [0.25, 0.3) is 22.2 Å². The second-order valence-corrected chi connectivity index (χ2v) is 11.2. The Balaban J connectivity index is 1.50. The molecule has 0 spiro atoms. The van der Waals surface area contributed by atoms with Gasteiger partial charge in [-0.25, -0.2) is 18.2 Å². The van der Waals surface area contributed by atoms with Crippen LogP contribution >= 0.6 is 0 Å². The number of hydrogen-bond acceptors (Lipinski definition) is 4. The third kappa shape index (κ3) is 4.79. The summed E-state index contributed by atoms with van der Waals surface area (Å²) in [6.45, 7) is 3.74. The van der Waals surface area contributed by atoms with E-state index in [0.717, 1.165) is 27.6 Å². The molecule has 38 heavy (non-hydrogen) atoms. The first kappa shape index (κ1) is 25.9. The van der Waals surface area contributed by atoms with Gasteiger partial charge in [-0.1, -0.05) is 38.1 Å². The highest BCUT2D eigenvalue weighted by atomic mass is 32.2. The number of pyridine rings is 1. The molecule has 0 bridgehead atoms. The van der Waals surface area contributed by atoms with Crippen LogP contribution in [0.1, 0.15) is 47.7 Å². The van der Waals surface area contributed by atoms with Crippen LogP contribution < -0.4 is 4.72 Å². The van der Waals surface area contributed by atoms with Gasteiger partial charge in [0.05, 0.1) is 11.3 Å². The summed E-state index contributed by atoms with van der Waals surface area (Å²) >= 11 is 0. The number of rotatable bonds is 7. The third-order valence-electron chi connectivity index (χ3n) is 6.68. The van der Waals surface area contributed by atoms with Crippen molar-refractivity contribution in [1.29, 1.82) is 0 Å². The summed E-state index contributed by atoms with van der Waals surface area (Å²) in [5, 5.41) is 0.358. The summed E-state index contributed by atoms with van der Waals surface area (Å²) < 4.78 is 71.7. The fraction of sp³-hybridized carbons (Fsp3) is 0.259. The van der Waals surface area contributed by atoms with E-state index in [0.29, 0.717) is 22.5 Å². The van der Waals surface area contributed by atoms with Crippen molar-refractivity contribution in [1.82, 2.24) is 14.3 Å². The maximum absolute atomic E-state index is 15.4. The number of ketones is 1. The van der Waals surface area contributed by atoms with Gasteiger partial charge >= 0.3 is 10.2 Å². The van der Waals surface area contributed by atoms with Crippen molar-refractivity contribution in [2.75, 3.05) is 17.8 Å². The molecule has 0 saturated carbocycles. The van der Waals surface area contributed by atoms with Crippen molar-refractivity contribution >= 4 is 32.7 Å². The molecule has 2 N–H and O–H groups in total. The molecule has 11 heteroatoms. The molecule has 0 unspecified atom stereocenters. The monoisotopic (exact) mass is 542 g/mol. The van der Waals surface area contributed by atoms with Crippen molar-refractivity contribution in [3.05, 3.63) is 83.2 Å². The number of aromatic nitrogens is 2. The van der Waals surface area contributed by atoms with Crippen LogP contribution in [0, 0.1) is 11.6 Å². The first-order valence-corrected chi connectivity index (χ1v) is 13.5. The topological polar surface area (TPSA) is 95.2 Å². The number of benzene rings is 2. The molecule has 4 aromatic rings. The largest absolute Gasteiger partial charge is 0.345 e. The van der Waals surface area contributed by atoms with E-state index in [1.54, 1.807) is 12.3 Å². The van der Waals surface area contributed by atoms with Gasteiger partial charge in [0.25, 0.3) is 0 Å². The normalized spacial score (nSPS) is 16.4. The Labute approximate surface area is 217 Å². The van der Waals surface area contributed by atoms with Crippen molar-refractivity contribution in [2.45, 2.75) is 32.4 Å². The molecule has 3 heterocycles. The lowest BCUT2D eigenvalue weighted by molar-refractivity contribution is 0.103. The van der Waals surface area contributed by atoms with Gasteiger partial charge in [-0.2, -0.15) is 12.7 Å². The Morgan fingerprint density at radius 1 is 1.13 bits per heavy atom. The molecule has 1 aliphatic heterocycles. The summed E-state index contributed by atoms with van der Waals surface area (Å²) in [6.07, 6.45) is 1.64.